The minimum Gasteiger partial charge on any atom is -0.399 e. The van der Waals surface area contributed by atoms with Gasteiger partial charge < -0.3 is 10.3 Å². The Morgan fingerprint density at radius 3 is 2.56 bits per heavy atom. The van der Waals surface area contributed by atoms with Crippen molar-refractivity contribution in [3.63, 3.8) is 0 Å². The van der Waals surface area contributed by atoms with Crippen LogP contribution in [0.2, 0.25) is 0 Å². The van der Waals surface area contributed by atoms with Gasteiger partial charge in [-0.05, 0) is 12.1 Å². The van der Waals surface area contributed by atoms with Crippen LogP contribution >= 0.6 is 11.8 Å². The van der Waals surface area contributed by atoms with Crippen molar-refractivity contribution in [2.45, 2.75) is 11.3 Å². The molecule has 0 spiro atoms. The molecule has 2 N–H and O–H groups in total. The second-order valence-corrected chi connectivity index (χ2v) is 4.97. The summed E-state index contributed by atoms with van der Waals surface area (Å²) in [4.78, 5) is 4.16. The first-order valence-electron chi connectivity index (χ1n) is 5.41. The molecule has 1 aromatic carbocycles. The lowest BCUT2D eigenvalue weighted by Crippen LogP contribution is -2.00. The summed E-state index contributed by atoms with van der Waals surface area (Å²) in [7, 11) is 1.89. The quantitative estimate of drug-likeness (QED) is 0.685. The maximum atomic E-state index is 13.5. The van der Waals surface area contributed by atoms with Gasteiger partial charge in [-0.3, -0.25) is 0 Å². The van der Waals surface area contributed by atoms with Crippen LogP contribution in [-0.2, 0) is 13.5 Å². The van der Waals surface area contributed by atoms with Gasteiger partial charge in [0.05, 0.1) is 4.90 Å². The number of thioether (sulfide) groups is 1. The highest BCUT2D eigenvalue weighted by atomic mass is 32.2. The maximum Gasteiger partial charge on any atom is 0.141 e. The Balaban J connectivity index is 2.01. The maximum absolute atomic E-state index is 13.5. The number of anilines is 1. The van der Waals surface area contributed by atoms with Crippen LogP contribution in [0.3, 0.4) is 0 Å². The molecule has 1 aromatic heterocycles. The van der Waals surface area contributed by atoms with Gasteiger partial charge in [0.15, 0.2) is 0 Å². The fourth-order valence-electron chi connectivity index (χ4n) is 1.60. The van der Waals surface area contributed by atoms with E-state index in [1.54, 1.807) is 6.20 Å². The molecule has 0 fully saturated rings. The second-order valence-electron chi connectivity index (χ2n) is 3.87. The largest absolute Gasteiger partial charge is 0.399 e. The minimum atomic E-state index is -0.614. The third-order valence-corrected chi connectivity index (χ3v) is 3.60. The predicted molar refractivity (Wildman–Crippen MR) is 68.4 cm³/mol. The van der Waals surface area contributed by atoms with E-state index in [1.165, 1.54) is 0 Å². The van der Waals surface area contributed by atoms with E-state index in [-0.39, 0.29) is 10.6 Å². The highest BCUT2D eigenvalue weighted by Gasteiger charge is 2.11. The van der Waals surface area contributed by atoms with Gasteiger partial charge in [0.2, 0.25) is 0 Å². The van der Waals surface area contributed by atoms with E-state index in [1.807, 2.05) is 17.8 Å². The monoisotopic (exact) mass is 269 g/mol. The van der Waals surface area contributed by atoms with Gasteiger partial charge in [0, 0.05) is 37.3 Å². The fourth-order valence-corrected chi connectivity index (χ4v) is 2.48. The lowest BCUT2D eigenvalue weighted by Gasteiger charge is -2.06. The van der Waals surface area contributed by atoms with Crippen molar-refractivity contribution in [1.82, 2.24) is 9.55 Å². The number of nitrogen functional groups attached to an aromatic ring is 1. The molecule has 0 aliphatic heterocycles. The molecule has 0 unspecified atom stereocenters. The van der Waals surface area contributed by atoms with E-state index >= 15 is 0 Å². The molecule has 0 aliphatic rings. The molecule has 1 heterocycles. The van der Waals surface area contributed by atoms with Gasteiger partial charge in [-0.2, -0.15) is 0 Å². The van der Waals surface area contributed by atoms with Crippen molar-refractivity contribution < 1.29 is 8.78 Å². The van der Waals surface area contributed by atoms with Crippen molar-refractivity contribution in [3.8, 4) is 0 Å². The predicted octanol–water partition coefficient (Wildman–Crippen LogP) is 2.62. The van der Waals surface area contributed by atoms with Crippen molar-refractivity contribution in [2.24, 2.45) is 7.05 Å². The molecule has 0 amide bonds. The minimum absolute atomic E-state index is 0.0124. The SMILES string of the molecule is Cn1ccnc1CCSc1c(F)cc(N)cc1F. The highest BCUT2D eigenvalue weighted by molar-refractivity contribution is 7.99. The number of aryl methyl sites for hydroxylation is 2. The zero-order chi connectivity index (χ0) is 13.1. The van der Waals surface area contributed by atoms with E-state index in [2.05, 4.69) is 4.98 Å². The van der Waals surface area contributed by atoms with Crippen LogP contribution < -0.4 is 5.73 Å². The molecule has 0 saturated heterocycles. The van der Waals surface area contributed by atoms with E-state index < -0.39 is 11.6 Å². The Labute approximate surface area is 108 Å². The van der Waals surface area contributed by atoms with Gasteiger partial charge >= 0.3 is 0 Å². The van der Waals surface area contributed by atoms with Crippen LogP contribution in [0.1, 0.15) is 5.82 Å². The summed E-state index contributed by atoms with van der Waals surface area (Å²) in [6.45, 7) is 0. The first kappa shape index (κ1) is 12.9. The Hall–Kier alpha value is -1.56. The number of rotatable bonds is 4. The zero-order valence-electron chi connectivity index (χ0n) is 9.86. The molecule has 6 heteroatoms. The number of hydrogen-bond donors (Lipinski definition) is 1. The van der Waals surface area contributed by atoms with E-state index in [0.29, 0.717) is 12.2 Å². The van der Waals surface area contributed by atoms with Crippen LogP contribution in [0.4, 0.5) is 14.5 Å². The van der Waals surface area contributed by atoms with Crippen molar-refractivity contribution >= 4 is 17.4 Å². The van der Waals surface area contributed by atoms with Crippen molar-refractivity contribution in [1.29, 1.82) is 0 Å². The topological polar surface area (TPSA) is 43.8 Å². The summed E-state index contributed by atoms with van der Waals surface area (Å²) < 4.78 is 28.9. The first-order valence-corrected chi connectivity index (χ1v) is 6.40. The Morgan fingerprint density at radius 1 is 1.33 bits per heavy atom. The smallest absolute Gasteiger partial charge is 0.141 e. The summed E-state index contributed by atoms with van der Waals surface area (Å²) in [6, 6.07) is 2.26. The lowest BCUT2D eigenvalue weighted by molar-refractivity contribution is 0.542. The molecular formula is C12H13F2N3S. The molecule has 0 radical (unpaired) electrons. The highest BCUT2D eigenvalue weighted by Crippen LogP contribution is 2.27. The Morgan fingerprint density at radius 2 is 2.00 bits per heavy atom. The number of halogens is 2. The third-order valence-electron chi connectivity index (χ3n) is 2.51. The number of nitrogens with two attached hydrogens (primary N) is 1. The molecule has 0 bridgehead atoms. The zero-order valence-corrected chi connectivity index (χ0v) is 10.7. The normalized spacial score (nSPS) is 10.8. The van der Waals surface area contributed by atoms with Crippen LogP contribution in [0.15, 0.2) is 29.4 Å². The summed E-state index contributed by atoms with van der Waals surface area (Å²) in [5, 5.41) is 0. The first-order chi connectivity index (χ1) is 8.58. The molecule has 2 rings (SSSR count). The summed E-state index contributed by atoms with van der Waals surface area (Å²) in [5.74, 6) is 0.219. The number of nitrogens with zero attached hydrogens (tertiary/aromatic N) is 2. The standard InChI is InChI=1S/C12H13F2N3S/c1-17-4-3-16-11(17)2-5-18-12-9(13)6-8(15)7-10(12)14/h3-4,6-7H,2,5,15H2,1H3. The number of aromatic nitrogens is 2. The van der Waals surface area contributed by atoms with E-state index in [0.717, 1.165) is 29.7 Å². The average Bonchev–Trinajstić information content (AvgIpc) is 2.68. The van der Waals surface area contributed by atoms with Crippen LogP contribution in [-0.4, -0.2) is 15.3 Å². The Kier molecular flexibility index (Phi) is 3.86. The third kappa shape index (κ3) is 2.81. The number of hydrogen-bond acceptors (Lipinski definition) is 3. The average molecular weight is 269 g/mol. The molecule has 18 heavy (non-hydrogen) atoms. The van der Waals surface area contributed by atoms with Gasteiger partial charge in [0.1, 0.15) is 17.5 Å². The van der Waals surface area contributed by atoms with E-state index in [9.17, 15) is 8.78 Å². The fraction of sp³-hybridized carbons (Fsp3) is 0.250. The summed E-state index contributed by atoms with van der Waals surface area (Å²) in [5.41, 5.74) is 5.45. The second kappa shape index (κ2) is 5.39. The number of imidazole rings is 1. The van der Waals surface area contributed by atoms with Gasteiger partial charge in [-0.25, -0.2) is 13.8 Å². The lowest BCUT2D eigenvalue weighted by atomic mass is 10.3. The molecule has 0 saturated carbocycles. The van der Waals surface area contributed by atoms with Gasteiger partial charge in [-0.1, -0.05) is 0 Å². The van der Waals surface area contributed by atoms with Crippen LogP contribution in [0.5, 0.6) is 0 Å². The number of benzene rings is 1. The van der Waals surface area contributed by atoms with Crippen molar-refractivity contribution in [3.05, 3.63) is 42.0 Å². The summed E-state index contributed by atoms with van der Waals surface area (Å²) in [6.07, 6.45) is 4.19. The molecule has 2 aromatic rings. The van der Waals surface area contributed by atoms with E-state index in [4.69, 9.17) is 5.73 Å². The molecule has 96 valence electrons. The van der Waals surface area contributed by atoms with Crippen LogP contribution in [0, 0.1) is 11.6 Å². The molecule has 0 aliphatic carbocycles. The molecule has 3 nitrogen and oxygen atoms in total. The van der Waals surface area contributed by atoms with Crippen molar-refractivity contribution in [2.75, 3.05) is 11.5 Å². The van der Waals surface area contributed by atoms with Gasteiger partial charge in [-0.15, -0.1) is 11.8 Å². The molecular weight excluding hydrogens is 256 g/mol. The Bertz CT molecular complexity index is 531. The van der Waals surface area contributed by atoms with Gasteiger partial charge in [0.25, 0.3) is 0 Å². The molecule has 0 atom stereocenters. The van der Waals surface area contributed by atoms with Crippen LogP contribution in [0.25, 0.3) is 0 Å². The summed E-state index contributed by atoms with van der Waals surface area (Å²) >= 11 is 1.13.